The van der Waals surface area contributed by atoms with E-state index in [4.69, 9.17) is 15.6 Å². The smallest absolute Gasteiger partial charge is 0.306 e. The Kier molecular flexibility index (Phi) is 9.02. The number of esters is 1. The lowest BCUT2D eigenvalue weighted by atomic mass is 9.44. The number of thioether (sulfide) groups is 1. The summed E-state index contributed by atoms with van der Waals surface area (Å²) in [4.78, 5) is 50.8. The summed E-state index contributed by atoms with van der Waals surface area (Å²) in [6.07, 6.45) is 6.20. The van der Waals surface area contributed by atoms with Crippen molar-refractivity contribution in [2.24, 2.45) is 46.2 Å². The van der Waals surface area contributed by atoms with Gasteiger partial charge in [-0.1, -0.05) is 52.3 Å². The summed E-state index contributed by atoms with van der Waals surface area (Å²) in [6.45, 7) is 9.75. The summed E-state index contributed by atoms with van der Waals surface area (Å²) in [6, 6.07) is 6.35. The standard InChI is InChI=1S/C37H46FN3O6S/c1-6-31(44)47-37(34(46)48-19-38)11-10-26-25-12-20(2)27-15-28-23(16-35(27,4)32(25)30(43)17-36(26,37)5)18-40-41(28)24-9-7-8-22(14-24)29(42)13-21(3)33(39)45/h7-9,14-15,18,20-21,25-26,30,32,43H,6,10-13,16-17,19H2,1-5H3,(H2,39,45)/t20-,21+,25-,26-,30-,32+,35-,36-,37-/m0/s1. The molecular weight excluding hydrogens is 633 g/mol. The number of carbonyl (C=O) groups is 4. The van der Waals surface area contributed by atoms with Gasteiger partial charge in [0.15, 0.2) is 11.4 Å². The van der Waals surface area contributed by atoms with Gasteiger partial charge in [0.05, 0.1) is 23.7 Å². The second-order valence-electron chi connectivity index (χ2n) is 15.0. The van der Waals surface area contributed by atoms with Crippen molar-refractivity contribution >= 4 is 40.6 Å². The summed E-state index contributed by atoms with van der Waals surface area (Å²) < 4.78 is 21.4. The average Bonchev–Trinajstić information content (AvgIpc) is 3.57. The van der Waals surface area contributed by atoms with Crippen molar-refractivity contribution < 1.29 is 33.4 Å². The van der Waals surface area contributed by atoms with Gasteiger partial charge in [-0.3, -0.25) is 19.2 Å². The SMILES string of the molecule is CCC(=O)O[C@]1(C(=O)SCF)CC[C@H]2[C@@H]3C[C@H](C)C4=Cc5c(cnn5-c5cccc(C(=O)C[C@@H](C)C(N)=O)c5)C[C@]4(C)[C@H]3[C@@H](O)C[C@@]21C. The number of ether oxygens (including phenoxy) is 1. The van der Waals surface area contributed by atoms with Gasteiger partial charge >= 0.3 is 5.97 Å². The highest BCUT2D eigenvalue weighted by atomic mass is 32.2. The third-order valence-corrected chi connectivity index (χ3v) is 13.0. The summed E-state index contributed by atoms with van der Waals surface area (Å²) in [5.41, 5.74) is 7.17. The molecule has 1 heterocycles. The Morgan fingerprint density at radius 2 is 2.00 bits per heavy atom. The van der Waals surface area contributed by atoms with Crippen molar-refractivity contribution in [3.05, 3.63) is 52.9 Å². The number of hydrogen-bond donors (Lipinski definition) is 2. The van der Waals surface area contributed by atoms with Gasteiger partial charge in [0.2, 0.25) is 11.0 Å². The predicted molar refractivity (Wildman–Crippen MR) is 181 cm³/mol. The number of rotatable bonds is 9. The summed E-state index contributed by atoms with van der Waals surface area (Å²) in [7, 11) is 0. The first kappa shape index (κ1) is 34.5. The molecule has 48 heavy (non-hydrogen) atoms. The molecule has 2 aromatic rings. The number of allylic oxidation sites excluding steroid dienone is 1. The first-order chi connectivity index (χ1) is 22.7. The lowest BCUT2D eigenvalue weighted by Gasteiger charge is -2.61. The number of aromatic nitrogens is 2. The highest BCUT2D eigenvalue weighted by Crippen LogP contribution is 2.69. The zero-order chi connectivity index (χ0) is 34.8. The summed E-state index contributed by atoms with van der Waals surface area (Å²) in [5, 5.41) is 16.4. The molecule has 4 aliphatic rings. The molecule has 3 N–H and O–H groups in total. The quantitative estimate of drug-likeness (QED) is 0.249. The molecule has 1 amide bonds. The maximum atomic E-state index is 13.6. The molecule has 0 aliphatic heterocycles. The Labute approximate surface area is 285 Å². The number of Topliss-reactive ketones (excluding diaryl/α,β-unsaturated/α-hetero) is 1. The van der Waals surface area contributed by atoms with Crippen molar-refractivity contribution in [3.8, 4) is 5.69 Å². The Balaban J connectivity index is 1.33. The lowest BCUT2D eigenvalue weighted by molar-refractivity contribution is -0.197. The number of aliphatic hydroxyl groups is 1. The molecule has 0 spiro atoms. The second-order valence-corrected chi connectivity index (χ2v) is 15.9. The molecule has 11 heteroatoms. The van der Waals surface area contributed by atoms with Crippen LogP contribution in [0.25, 0.3) is 11.8 Å². The summed E-state index contributed by atoms with van der Waals surface area (Å²) >= 11 is 0.561. The van der Waals surface area contributed by atoms with Gasteiger partial charge in [-0.25, -0.2) is 9.07 Å². The highest BCUT2D eigenvalue weighted by Gasteiger charge is 2.71. The van der Waals surface area contributed by atoms with Crippen LogP contribution in [-0.4, -0.2) is 55.4 Å². The number of hydrogen-bond acceptors (Lipinski definition) is 8. The molecular formula is C37H46FN3O6S. The summed E-state index contributed by atoms with van der Waals surface area (Å²) in [5.74, 6) is -1.56. The minimum absolute atomic E-state index is 0.0159. The van der Waals surface area contributed by atoms with Crippen molar-refractivity contribution in [2.45, 2.75) is 91.3 Å². The van der Waals surface area contributed by atoms with Crippen LogP contribution >= 0.6 is 11.8 Å². The van der Waals surface area contributed by atoms with E-state index in [-0.39, 0.29) is 54.1 Å². The molecule has 1 aromatic heterocycles. The number of halogens is 1. The number of alkyl halides is 1. The van der Waals surface area contributed by atoms with E-state index < -0.39 is 46.0 Å². The number of ketones is 1. The van der Waals surface area contributed by atoms with Crippen LogP contribution in [0.4, 0.5) is 4.39 Å². The fraction of sp³-hybridized carbons (Fsp3) is 0.595. The van der Waals surface area contributed by atoms with Crippen molar-refractivity contribution in [2.75, 3.05) is 6.01 Å². The van der Waals surface area contributed by atoms with E-state index in [9.17, 15) is 28.7 Å². The van der Waals surface area contributed by atoms with E-state index >= 15 is 0 Å². The molecule has 3 saturated carbocycles. The monoisotopic (exact) mass is 679 g/mol. The van der Waals surface area contributed by atoms with Gasteiger partial charge in [0, 0.05) is 29.7 Å². The average molecular weight is 680 g/mol. The maximum absolute atomic E-state index is 13.6. The number of nitrogens with zero attached hydrogens (tertiary/aromatic N) is 2. The largest absolute Gasteiger partial charge is 0.449 e. The molecule has 0 bridgehead atoms. The van der Waals surface area contributed by atoms with E-state index in [2.05, 4.69) is 19.9 Å². The number of amides is 1. The van der Waals surface area contributed by atoms with E-state index in [1.807, 2.05) is 29.9 Å². The number of carbonyl (C=O) groups excluding carboxylic acids is 4. The Morgan fingerprint density at radius 3 is 2.69 bits per heavy atom. The van der Waals surface area contributed by atoms with Gasteiger partial charge in [-0.05, 0) is 96.7 Å². The predicted octanol–water partition coefficient (Wildman–Crippen LogP) is 5.84. The Morgan fingerprint density at radius 1 is 1.25 bits per heavy atom. The number of benzene rings is 1. The van der Waals surface area contributed by atoms with Crippen LogP contribution in [0.1, 0.15) is 94.8 Å². The van der Waals surface area contributed by atoms with E-state index in [1.165, 1.54) is 5.57 Å². The molecule has 6 rings (SSSR count). The van der Waals surface area contributed by atoms with E-state index in [0.29, 0.717) is 36.6 Å². The third kappa shape index (κ3) is 5.27. The van der Waals surface area contributed by atoms with Crippen molar-refractivity contribution in [3.63, 3.8) is 0 Å². The first-order valence-corrected chi connectivity index (χ1v) is 18.0. The molecule has 0 radical (unpaired) electrons. The second kappa shape index (κ2) is 12.5. The van der Waals surface area contributed by atoms with Crippen LogP contribution in [0.15, 0.2) is 36.0 Å². The lowest BCUT2D eigenvalue weighted by Crippen LogP contribution is -2.63. The molecule has 258 valence electrons. The molecule has 9 atom stereocenters. The molecule has 3 fully saturated rings. The fourth-order valence-corrected chi connectivity index (χ4v) is 10.8. The normalized spacial score (nSPS) is 34.1. The van der Waals surface area contributed by atoms with Gasteiger partial charge in [0.1, 0.15) is 6.01 Å². The van der Waals surface area contributed by atoms with Crippen LogP contribution in [0.3, 0.4) is 0 Å². The van der Waals surface area contributed by atoms with E-state index in [0.717, 1.165) is 23.4 Å². The third-order valence-electron chi connectivity index (χ3n) is 12.3. The highest BCUT2D eigenvalue weighted by molar-refractivity contribution is 8.13. The molecule has 0 unspecified atom stereocenters. The number of aliphatic hydroxyl groups excluding tert-OH is 1. The van der Waals surface area contributed by atoms with Gasteiger partial charge in [0.25, 0.3) is 0 Å². The van der Waals surface area contributed by atoms with Gasteiger partial charge < -0.3 is 15.6 Å². The van der Waals surface area contributed by atoms with Crippen LogP contribution in [0.5, 0.6) is 0 Å². The van der Waals surface area contributed by atoms with Crippen LogP contribution < -0.4 is 5.73 Å². The number of nitrogens with two attached hydrogens (primary N) is 1. The Hall–Kier alpha value is -3.31. The zero-order valence-corrected chi connectivity index (χ0v) is 29.1. The van der Waals surface area contributed by atoms with Crippen LogP contribution in [-0.2, 0) is 25.5 Å². The topological polar surface area (TPSA) is 142 Å². The molecule has 4 aliphatic carbocycles. The zero-order valence-electron chi connectivity index (χ0n) is 28.3. The molecule has 0 saturated heterocycles. The Bertz CT molecular complexity index is 1690. The van der Waals surface area contributed by atoms with Crippen molar-refractivity contribution in [1.29, 1.82) is 0 Å². The van der Waals surface area contributed by atoms with Crippen molar-refractivity contribution in [1.82, 2.24) is 9.78 Å². The minimum Gasteiger partial charge on any atom is -0.449 e. The maximum Gasteiger partial charge on any atom is 0.306 e. The minimum atomic E-state index is -1.47. The van der Waals surface area contributed by atoms with E-state index in [1.54, 1.807) is 26.0 Å². The number of primary amides is 1. The number of fused-ring (bicyclic) bond motifs is 6. The van der Waals surface area contributed by atoms with Gasteiger partial charge in [-0.15, -0.1) is 0 Å². The van der Waals surface area contributed by atoms with Crippen LogP contribution in [0.2, 0.25) is 0 Å². The fourth-order valence-electron chi connectivity index (χ4n) is 10.1. The van der Waals surface area contributed by atoms with Crippen LogP contribution in [0, 0.1) is 40.4 Å². The first-order valence-electron chi connectivity index (χ1n) is 17.1. The molecule has 1 aromatic carbocycles. The van der Waals surface area contributed by atoms with Gasteiger partial charge in [-0.2, -0.15) is 5.10 Å². The molecule has 9 nitrogen and oxygen atoms in total.